The summed E-state index contributed by atoms with van der Waals surface area (Å²) in [6.07, 6.45) is 6.11. The average molecular weight is 268 g/mol. The van der Waals surface area contributed by atoms with Crippen LogP contribution in [0.25, 0.3) is 0 Å². The average Bonchev–Trinajstić information content (AvgIpc) is 2.85. The van der Waals surface area contributed by atoms with Crippen LogP contribution < -0.4 is 5.32 Å². The number of piperazine rings is 1. The van der Waals surface area contributed by atoms with Gasteiger partial charge >= 0.3 is 0 Å². The van der Waals surface area contributed by atoms with Crippen molar-refractivity contribution in [3.63, 3.8) is 0 Å². The smallest absolute Gasteiger partial charge is 0.0781 e. The molecule has 0 amide bonds. The lowest BCUT2D eigenvalue weighted by Crippen LogP contribution is -2.65. The minimum atomic E-state index is 0.0952. The van der Waals surface area contributed by atoms with Gasteiger partial charge in [-0.15, -0.1) is 0 Å². The van der Waals surface area contributed by atoms with E-state index in [2.05, 4.69) is 37.9 Å². The highest BCUT2D eigenvalue weighted by molar-refractivity contribution is 4.98. The maximum absolute atomic E-state index is 6.01. The van der Waals surface area contributed by atoms with Crippen LogP contribution >= 0.6 is 0 Å². The van der Waals surface area contributed by atoms with Crippen LogP contribution in [0.15, 0.2) is 0 Å². The van der Waals surface area contributed by atoms with Crippen molar-refractivity contribution in [2.45, 2.75) is 77.0 Å². The van der Waals surface area contributed by atoms with Crippen LogP contribution in [0.4, 0.5) is 0 Å². The summed E-state index contributed by atoms with van der Waals surface area (Å²) in [5.74, 6) is 0. The molecule has 0 radical (unpaired) electrons. The molecule has 112 valence electrons. The Labute approximate surface area is 119 Å². The third-order valence-electron chi connectivity index (χ3n) is 5.40. The van der Waals surface area contributed by atoms with Gasteiger partial charge in [-0.05, 0) is 39.0 Å². The first-order chi connectivity index (χ1) is 9.06. The summed E-state index contributed by atoms with van der Waals surface area (Å²) in [7, 11) is 0. The molecule has 2 atom stereocenters. The Kier molecular flexibility index (Phi) is 4.91. The molecule has 2 unspecified atom stereocenters. The van der Waals surface area contributed by atoms with Crippen molar-refractivity contribution in [1.29, 1.82) is 0 Å². The number of hydrogen-bond acceptors (Lipinski definition) is 3. The van der Waals surface area contributed by atoms with Crippen LogP contribution in [0.1, 0.15) is 59.8 Å². The summed E-state index contributed by atoms with van der Waals surface area (Å²) < 4.78 is 6.01. The molecule has 2 aliphatic rings. The summed E-state index contributed by atoms with van der Waals surface area (Å²) >= 11 is 0. The number of ether oxygens (including phenoxy) is 1. The van der Waals surface area contributed by atoms with Crippen LogP contribution in [0, 0.1) is 0 Å². The van der Waals surface area contributed by atoms with E-state index < -0.39 is 0 Å². The second-order valence-electron chi connectivity index (χ2n) is 6.74. The van der Waals surface area contributed by atoms with Gasteiger partial charge in [-0.2, -0.15) is 0 Å². The molecule has 1 N–H and O–H groups in total. The van der Waals surface area contributed by atoms with Gasteiger partial charge in [0.2, 0.25) is 0 Å². The summed E-state index contributed by atoms with van der Waals surface area (Å²) in [4.78, 5) is 2.70. The Morgan fingerprint density at radius 3 is 2.53 bits per heavy atom. The number of nitrogens with zero attached hydrogens (tertiary/aromatic N) is 1. The van der Waals surface area contributed by atoms with Crippen LogP contribution in [0.2, 0.25) is 0 Å². The van der Waals surface area contributed by atoms with E-state index in [0.29, 0.717) is 11.6 Å². The van der Waals surface area contributed by atoms with Crippen LogP contribution in [0.3, 0.4) is 0 Å². The molecule has 0 aromatic carbocycles. The van der Waals surface area contributed by atoms with Crippen molar-refractivity contribution in [3.05, 3.63) is 0 Å². The zero-order valence-corrected chi connectivity index (χ0v) is 13.3. The van der Waals surface area contributed by atoms with Crippen molar-refractivity contribution >= 4 is 0 Å². The van der Waals surface area contributed by atoms with Gasteiger partial charge in [0.15, 0.2) is 0 Å². The minimum Gasteiger partial charge on any atom is -0.374 e. The molecule has 3 heteroatoms. The normalized spacial score (nSPS) is 35.7. The highest BCUT2D eigenvalue weighted by atomic mass is 16.5. The fourth-order valence-electron chi connectivity index (χ4n) is 3.74. The van der Waals surface area contributed by atoms with Crippen molar-refractivity contribution in [3.8, 4) is 0 Å². The van der Waals surface area contributed by atoms with Crippen LogP contribution in [-0.2, 0) is 4.74 Å². The molecule has 0 spiro atoms. The molecule has 0 saturated carbocycles. The maximum atomic E-state index is 6.01. The van der Waals surface area contributed by atoms with E-state index >= 15 is 0 Å². The second kappa shape index (κ2) is 6.11. The Balaban J connectivity index is 2.05. The SMILES string of the molecule is CCC1CNC(CC)(CC)CN1CC1(C)CCCO1. The third kappa shape index (κ3) is 3.32. The van der Waals surface area contributed by atoms with Crippen LogP contribution in [0.5, 0.6) is 0 Å². The fraction of sp³-hybridized carbons (Fsp3) is 1.00. The quantitative estimate of drug-likeness (QED) is 0.830. The lowest BCUT2D eigenvalue weighted by atomic mass is 9.87. The van der Waals surface area contributed by atoms with E-state index in [1.165, 1.54) is 38.6 Å². The van der Waals surface area contributed by atoms with E-state index in [9.17, 15) is 0 Å². The summed E-state index contributed by atoms with van der Waals surface area (Å²) in [6, 6.07) is 0.673. The predicted octanol–water partition coefficient (Wildman–Crippen LogP) is 2.80. The first kappa shape index (κ1) is 15.3. The fourth-order valence-corrected chi connectivity index (χ4v) is 3.74. The van der Waals surface area contributed by atoms with Crippen molar-refractivity contribution < 1.29 is 4.74 Å². The zero-order valence-electron chi connectivity index (χ0n) is 13.3. The van der Waals surface area contributed by atoms with Gasteiger partial charge in [0.1, 0.15) is 0 Å². The molecule has 2 fully saturated rings. The van der Waals surface area contributed by atoms with Gasteiger partial charge < -0.3 is 10.1 Å². The Morgan fingerprint density at radius 2 is 2.00 bits per heavy atom. The van der Waals surface area contributed by atoms with Crippen LogP contribution in [-0.4, -0.2) is 48.3 Å². The van der Waals surface area contributed by atoms with Gasteiger partial charge in [0.25, 0.3) is 0 Å². The second-order valence-corrected chi connectivity index (χ2v) is 6.74. The molecular weight excluding hydrogens is 236 g/mol. The molecule has 2 rings (SSSR count). The highest BCUT2D eigenvalue weighted by Gasteiger charge is 2.40. The van der Waals surface area contributed by atoms with E-state index in [1.54, 1.807) is 0 Å². The number of nitrogens with one attached hydrogen (secondary N) is 1. The van der Waals surface area contributed by atoms with E-state index in [-0.39, 0.29) is 5.60 Å². The molecule has 2 aliphatic heterocycles. The molecule has 0 aromatic rings. The molecule has 0 aliphatic carbocycles. The third-order valence-corrected chi connectivity index (χ3v) is 5.40. The monoisotopic (exact) mass is 268 g/mol. The summed E-state index contributed by atoms with van der Waals surface area (Å²) in [5, 5.41) is 3.82. The number of hydrogen-bond donors (Lipinski definition) is 1. The Bertz CT molecular complexity index is 280. The highest BCUT2D eigenvalue weighted by Crippen LogP contribution is 2.30. The first-order valence-electron chi connectivity index (χ1n) is 8.19. The standard InChI is InChI=1S/C16H32N2O/c1-5-14-11-17-16(6-2,7-3)13-18(14)12-15(4)9-8-10-19-15/h14,17H,5-13H2,1-4H3. The summed E-state index contributed by atoms with van der Waals surface area (Å²) in [5.41, 5.74) is 0.415. The minimum absolute atomic E-state index is 0.0952. The predicted molar refractivity (Wildman–Crippen MR) is 80.6 cm³/mol. The van der Waals surface area contributed by atoms with Gasteiger partial charge in [-0.1, -0.05) is 20.8 Å². The summed E-state index contributed by atoms with van der Waals surface area (Å²) in [6.45, 7) is 13.6. The van der Waals surface area contributed by atoms with Gasteiger partial charge in [0.05, 0.1) is 5.60 Å². The lowest BCUT2D eigenvalue weighted by Gasteiger charge is -2.49. The molecular formula is C16H32N2O. The molecule has 19 heavy (non-hydrogen) atoms. The molecule has 2 saturated heterocycles. The molecule has 3 nitrogen and oxygen atoms in total. The zero-order chi connectivity index (χ0) is 13.9. The van der Waals surface area contributed by atoms with E-state index in [4.69, 9.17) is 4.74 Å². The molecule has 2 heterocycles. The first-order valence-corrected chi connectivity index (χ1v) is 8.19. The van der Waals surface area contributed by atoms with Crippen molar-refractivity contribution in [1.82, 2.24) is 10.2 Å². The Morgan fingerprint density at radius 1 is 1.26 bits per heavy atom. The van der Waals surface area contributed by atoms with E-state index in [1.807, 2.05) is 0 Å². The topological polar surface area (TPSA) is 24.5 Å². The number of rotatable bonds is 5. The van der Waals surface area contributed by atoms with Gasteiger partial charge in [-0.25, -0.2) is 0 Å². The molecule has 0 aromatic heterocycles. The van der Waals surface area contributed by atoms with E-state index in [0.717, 1.165) is 19.7 Å². The lowest BCUT2D eigenvalue weighted by molar-refractivity contribution is -0.0388. The maximum Gasteiger partial charge on any atom is 0.0781 e. The van der Waals surface area contributed by atoms with Gasteiger partial charge in [0, 0.05) is 37.8 Å². The van der Waals surface area contributed by atoms with Crippen molar-refractivity contribution in [2.24, 2.45) is 0 Å². The van der Waals surface area contributed by atoms with Crippen molar-refractivity contribution in [2.75, 3.05) is 26.2 Å². The van der Waals surface area contributed by atoms with Gasteiger partial charge in [-0.3, -0.25) is 4.90 Å². The largest absolute Gasteiger partial charge is 0.374 e. The molecule has 0 bridgehead atoms. The Hall–Kier alpha value is -0.120.